The monoisotopic (exact) mass is 221 g/mol. The van der Waals surface area contributed by atoms with Crippen LogP contribution in [0.4, 0.5) is 0 Å². The lowest BCUT2D eigenvalue weighted by Crippen LogP contribution is -2.61. The van der Waals surface area contributed by atoms with Crippen LogP contribution in [0.25, 0.3) is 0 Å². The molecule has 1 rings (SSSR count). The summed E-state index contributed by atoms with van der Waals surface area (Å²) in [5, 5.41) is 22.6. The van der Waals surface area contributed by atoms with E-state index in [1.807, 2.05) is 13.8 Å². The van der Waals surface area contributed by atoms with E-state index in [-0.39, 0.29) is 18.2 Å². The van der Waals surface area contributed by atoms with Crippen LogP contribution in [-0.2, 0) is 4.74 Å². The number of thiol groups is 1. The first-order valence-corrected chi connectivity index (χ1v) is 5.57. The lowest BCUT2D eigenvalue weighted by Gasteiger charge is -2.41. The second kappa shape index (κ2) is 5.32. The molecule has 84 valence electrons. The fourth-order valence-electron chi connectivity index (χ4n) is 1.76. The molecule has 0 aromatic heterocycles. The zero-order valence-electron chi connectivity index (χ0n) is 8.55. The first kappa shape index (κ1) is 12.3. The van der Waals surface area contributed by atoms with Crippen molar-refractivity contribution in [2.45, 2.75) is 44.3 Å². The maximum Gasteiger partial charge on any atom is 0.0978 e. The predicted molar refractivity (Wildman–Crippen MR) is 57.7 cm³/mol. The summed E-state index contributed by atoms with van der Waals surface area (Å²) in [6, 6.07) is -0.319. The van der Waals surface area contributed by atoms with Gasteiger partial charge in [-0.25, -0.2) is 0 Å². The highest BCUT2D eigenvalue weighted by Gasteiger charge is 2.40. The standard InChI is InChI=1S/C9H19NO3S/c1-5-8(11)7(10-3-4-14)9(12)6(2)13-5/h5-12,14H,3-4H2,1-2H3. The summed E-state index contributed by atoms with van der Waals surface area (Å²) in [4.78, 5) is 0. The molecule has 0 amide bonds. The van der Waals surface area contributed by atoms with E-state index in [1.165, 1.54) is 0 Å². The molecule has 4 atom stereocenters. The number of hydrogen-bond acceptors (Lipinski definition) is 5. The molecule has 1 aliphatic rings. The highest BCUT2D eigenvalue weighted by Crippen LogP contribution is 2.20. The van der Waals surface area contributed by atoms with Crippen molar-refractivity contribution >= 4 is 12.6 Å². The average Bonchev–Trinajstić information content (AvgIpc) is 2.15. The Morgan fingerprint density at radius 3 is 2.14 bits per heavy atom. The van der Waals surface area contributed by atoms with E-state index < -0.39 is 12.2 Å². The van der Waals surface area contributed by atoms with Gasteiger partial charge in [0, 0.05) is 12.3 Å². The molecule has 0 bridgehead atoms. The van der Waals surface area contributed by atoms with Gasteiger partial charge in [-0.1, -0.05) is 0 Å². The average molecular weight is 221 g/mol. The molecule has 1 saturated heterocycles. The van der Waals surface area contributed by atoms with Crippen molar-refractivity contribution < 1.29 is 14.9 Å². The Labute approximate surface area is 90.1 Å². The Balaban J connectivity index is 2.57. The first-order valence-electron chi connectivity index (χ1n) is 4.93. The smallest absolute Gasteiger partial charge is 0.0978 e. The first-order chi connectivity index (χ1) is 6.57. The molecule has 5 heteroatoms. The fraction of sp³-hybridized carbons (Fsp3) is 1.00. The van der Waals surface area contributed by atoms with Gasteiger partial charge in [-0.15, -0.1) is 0 Å². The summed E-state index contributed by atoms with van der Waals surface area (Å²) in [6.07, 6.45) is -1.82. The van der Waals surface area contributed by atoms with Crippen LogP contribution in [0.3, 0.4) is 0 Å². The Morgan fingerprint density at radius 1 is 1.21 bits per heavy atom. The summed E-state index contributed by atoms with van der Waals surface area (Å²) in [5.74, 6) is 0.680. The minimum Gasteiger partial charge on any atom is -0.389 e. The zero-order chi connectivity index (χ0) is 10.7. The predicted octanol–water partition coefficient (Wildman–Crippen LogP) is -0.597. The van der Waals surface area contributed by atoms with Gasteiger partial charge in [0.25, 0.3) is 0 Å². The molecule has 14 heavy (non-hydrogen) atoms. The van der Waals surface area contributed by atoms with Gasteiger partial charge in [0.05, 0.1) is 30.5 Å². The van der Waals surface area contributed by atoms with Gasteiger partial charge in [0.2, 0.25) is 0 Å². The van der Waals surface area contributed by atoms with Crippen LogP contribution >= 0.6 is 12.6 Å². The molecular formula is C9H19NO3S. The van der Waals surface area contributed by atoms with E-state index in [0.717, 1.165) is 0 Å². The molecule has 4 nitrogen and oxygen atoms in total. The van der Waals surface area contributed by atoms with E-state index in [2.05, 4.69) is 17.9 Å². The van der Waals surface area contributed by atoms with Crippen molar-refractivity contribution in [2.24, 2.45) is 0 Å². The quantitative estimate of drug-likeness (QED) is 0.481. The van der Waals surface area contributed by atoms with Gasteiger partial charge in [-0.05, 0) is 13.8 Å². The van der Waals surface area contributed by atoms with E-state index >= 15 is 0 Å². The molecule has 0 spiro atoms. The van der Waals surface area contributed by atoms with Crippen molar-refractivity contribution in [3.8, 4) is 0 Å². The summed E-state index contributed by atoms with van der Waals surface area (Å²) in [7, 11) is 0. The normalized spacial score (nSPS) is 43.9. The third-order valence-corrected chi connectivity index (χ3v) is 2.84. The fourth-order valence-corrected chi connectivity index (χ4v) is 1.89. The number of ether oxygens (including phenoxy) is 1. The van der Waals surface area contributed by atoms with Gasteiger partial charge in [-0.3, -0.25) is 0 Å². The highest BCUT2D eigenvalue weighted by atomic mass is 32.1. The molecule has 0 radical (unpaired) electrons. The molecule has 1 heterocycles. The van der Waals surface area contributed by atoms with Crippen LogP contribution in [0.5, 0.6) is 0 Å². The van der Waals surface area contributed by atoms with Crippen molar-refractivity contribution in [1.29, 1.82) is 0 Å². The summed E-state index contributed by atoms with van der Waals surface area (Å²) >= 11 is 4.07. The highest BCUT2D eigenvalue weighted by molar-refractivity contribution is 7.80. The van der Waals surface area contributed by atoms with Gasteiger partial charge < -0.3 is 20.3 Å². The number of nitrogens with one attached hydrogen (secondary N) is 1. The third-order valence-electron chi connectivity index (χ3n) is 2.62. The van der Waals surface area contributed by atoms with E-state index in [4.69, 9.17) is 4.74 Å². The molecule has 3 N–H and O–H groups in total. The topological polar surface area (TPSA) is 61.7 Å². The molecule has 4 unspecified atom stereocenters. The van der Waals surface area contributed by atoms with E-state index in [9.17, 15) is 10.2 Å². The van der Waals surface area contributed by atoms with Crippen molar-refractivity contribution in [3.63, 3.8) is 0 Å². The largest absolute Gasteiger partial charge is 0.389 e. The zero-order valence-corrected chi connectivity index (χ0v) is 9.45. The Bertz CT molecular complexity index is 167. The molecular weight excluding hydrogens is 202 g/mol. The van der Waals surface area contributed by atoms with Crippen LogP contribution in [-0.4, -0.2) is 53.0 Å². The number of aliphatic hydroxyl groups excluding tert-OH is 2. The molecule has 0 aromatic carbocycles. The van der Waals surface area contributed by atoms with Crippen LogP contribution in [0, 0.1) is 0 Å². The molecule has 0 saturated carbocycles. The Hall–Kier alpha value is 0.190. The minimum absolute atomic E-state index is 0.245. The maximum absolute atomic E-state index is 9.78. The summed E-state index contributed by atoms with van der Waals surface area (Å²) in [6.45, 7) is 4.28. The molecule has 1 fully saturated rings. The second-order valence-corrected chi connectivity index (χ2v) is 4.18. The Morgan fingerprint density at radius 2 is 1.71 bits per heavy atom. The Kier molecular flexibility index (Phi) is 4.66. The number of aliphatic hydroxyl groups is 2. The molecule has 1 aliphatic heterocycles. The van der Waals surface area contributed by atoms with Crippen LogP contribution < -0.4 is 5.32 Å². The van der Waals surface area contributed by atoms with E-state index in [1.54, 1.807) is 0 Å². The minimum atomic E-state index is -0.666. The van der Waals surface area contributed by atoms with Crippen LogP contribution in [0.15, 0.2) is 0 Å². The SMILES string of the molecule is CC1OC(C)C(O)C(NCCS)C1O. The van der Waals surface area contributed by atoms with Crippen LogP contribution in [0.2, 0.25) is 0 Å². The van der Waals surface area contributed by atoms with E-state index in [0.29, 0.717) is 12.3 Å². The van der Waals surface area contributed by atoms with Gasteiger partial charge in [0.15, 0.2) is 0 Å². The molecule has 0 aromatic rings. The van der Waals surface area contributed by atoms with Crippen molar-refractivity contribution in [3.05, 3.63) is 0 Å². The number of rotatable bonds is 3. The maximum atomic E-state index is 9.78. The lowest BCUT2D eigenvalue weighted by atomic mass is 9.94. The van der Waals surface area contributed by atoms with Crippen molar-refractivity contribution in [1.82, 2.24) is 5.32 Å². The van der Waals surface area contributed by atoms with Crippen molar-refractivity contribution in [2.75, 3.05) is 12.3 Å². The third kappa shape index (κ3) is 2.61. The van der Waals surface area contributed by atoms with Gasteiger partial charge in [-0.2, -0.15) is 12.6 Å². The van der Waals surface area contributed by atoms with Gasteiger partial charge >= 0.3 is 0 Å². The summed E-state index contributed by atoms with van der Waals surface area (Å²) in [5.41, 5.74) is 0. The summed E-state index contributed by atoms with van der Waals surface area (Å²) < 4.78 is 5.36. The lowest BCUT2D eigenvalue weighted by molar-refractivity contribution is -0.172. The number of hydrogen-bond donors (Lipinski definition) is 4. The second-order valence-electron chi connectivity index (χ2n) is 3.73. The molecule has 0 aliphatic carbocycles. The van der Waals surface area contributed by atoms with Gasteiger partial charge in [0.1, 0.15) is 0 Å². The van der Waals surface area contributed by atoms with Crippen LogP contribution in [0.1, 0.15) is 13.8 Å².